The molecule has 0 atom stereocenters. The minimum atomic E-state index is -4.27. The molecule has 0 saturated heterocycles. The van der Waals surface area contributed by atoms with E-state index in [4.69, 9.17) is 4.42 Å². The first-order chi connectivity index (χ1) is 9.88. The summed E-state index contributed by atoms with van der Waals surface area (Å²) in [5.41, 5.74) is 2.99. The van der Waals surface area contributed by atoms with Gasteiger partial charge in [-0.1, -0.05) is 29.8 Å². The Morgan fingerprint density at radius 1 is 1.05 bits per heavy atom. The van der Waals surface area contributed by atoms with Gasteiger partial charge in [0.2, 0.25) is 5.58 Å². The first-order valence-corrected chi connectivity index (χ1v) is 7.63. The molecule has 0 saturated carbocycles. The van der Waals surface area contributed by atoms with Crippen molar-refractivity contribution in [2.24, 2.45) is 7.05 Å². The predicted octanol–water partition coefficient (Wildman–Crippen LogP) is 2.16. The highest BCUT2D eigenvalue weighted by Gasteiger charge is 2.05. The Hall–Kier alpha value is -2.18. The van der Waals surface area contributed by atoms with Gasteiger partial charge in [-0.3, -0.25) is 0 Å². The van der Waals surface area contributed by atoms with E-state index in [1.54, 1.807) is 18.5 Å². The lowest BCUT2D eigenvalue weighted by Crippen LogP contribution is -2.24. The van der Waals surface area contributed by atoms with E-state index in [9.17, 15) is 13.0 Å². The molecule has 0 bridgehead atoms. The van der Waals surface area contributed by atoms with Gasteiger partial charge in [-0.05, 0) is 25.1 Å². The summed E-state index contributed by atoms with van der Waals surface area (Å²) in [7, 11) is -2.31. The van der Waals surface area contributed by atoms with Crippen molar-refractivity contribution in [1.82, 2.24) is 0 Å². The number of aromatic nitrogens is 1. The Kier molecular flexibility index (Phi) is 4.40. The average molecular weight is 305 g/mol. The number of rotatable bonds is 1. The van der Waals surface area contributed by atoms with Gasteiger partial charge < -0.3 is 8.97 Å². The summed E-state index contributed by atoms with van der Waals surface area (Å²) in [4.78, 5) is -0.178. The zero-order valence-electron chi connectivity index (χ0n) is 11.7. The molecule has 0 fully saturated rings. The topological polar surface area (TPSA) is 74.2 Å². The van der Waals surface area contributed by atoms with E-state index >= 15 is 0 Å². The number of aryl methyl sites for hydroxylation is 2. The molecule has 6 heteroatoms. The summed E-state index contributed by atoms with van der Waals surface area (Å²) < 4.78 is 38.3. The Labute approximate surface area is 123 Å². The van der Waals surface area contributed by atoms with Crippen molar-refractivity contribution in [3.8, 4) is 0 Å². The fourth-order valence-electron chi connectivity index (χ4n) is 1.75. The van der Waals surface area contributed by atoms with Crippen LogP contribution in [0, 0.1) is 6.92 Å². The summed E-state index contributed by atoms with van der Waals surface area (Å²) in [5.74, 6) is 0. The molecule has 3 rings (SSSR count). The molecule has 0 spiro atoms. The summed E-state index contributed by atoms with van der Waals surface area (Å²) >= 11 is 0. The van der Waals surface area contributed by atoms with Gasteiger partial charge in [-0.25, -0.2) is 8.42 Å². The van der Waals surface area contributed by atoms with Crippen LogP contribution >= 0.6 is 0 Å². The molecule has 110 valence electrons. The zero-order valence-corrected chi connectivity index (χ0v) is 12.5. The smallest absolute Gasteiger partial charge is 0.335 e. The van der Waals surface area contributed by atoms with E-state index in [1.165, 1.54) is 12.1 Å². The van der Waals surface area contributed by atoms with Crippen molar-refractivity contribution >= 4 is 21.2 Å². The maximum Gasteiger partial charge on any atom is 0.335 e. The molecule has 1 aromatic heterocycles. The highest BCUT2D eigenvalue weighted by molar-refractivity contribution is 7.85. The van der Waals surface area contributed by atoms with Crippen molar-refractivity contribution in [3.63, 3.8) is 0 Å². The average Bonchev–Trinajstić information content (AvgIpc) is 2.81. The van der Waals surface area contributed by atoms with E-state index in [-0.39, 0.29) is 4.90 Å². The molecule has 0 amide bonds. The van der Waals surface area contributed by atoms with Gasteiger partial charge in [0.1, 0.15) is 17.2 Å². The minimum Gasteiger partial charge on any atom is -0.744 e. The normalized spacial score (nSPS) is 11.0. The summed E-state index contributed by atoms with van der Waals surface area (Å²) in [6.07, 6.45) is 1.70. The summed E-state index contributed by atoms with van der Waals surface area (Å²) in [5, 5.41) is 0. The lowest BCUT2D eigenvalue weighted by Gasteiger charge is -2.05. The number of nitrogens with zero attached hydrogens (tertiary/aromatic N) is 1. The predicted molar refractivity (Wildman–Crippen MR) is 76.5 cm³/mol. The number of para-hydroxylation sites is 2. The highest BCUT2D eigenvalue weighted by atomic mass is 32.2. The van der Waals surface area contributed by atoms with E-state index in [2.05, 4.69) is 0 Å². The second-order valence-electron chi connectivity index (χ2n) is 4.57. The Balaban J connectivity index is 0.000000154. The molecule has 0 aliphatic rings. The van der Waals surface area contributed by atoms with Gasteiger partial charge in [-0.2, -0.15) is 4.57 Å². The molecule has 0 aliphatic heterocycles. The molecule has 5 nitrogen and oxygen atoms in total. The third kappa shape index (κ3) is 3.90. The van der Waals surface area contributed by atoms with E-state index in [0.29, 0.717) is 0 Å². The SMILES string of the molecule is C[n+]1coc2ccccc21.Cc1ccc(S(=O)(=O)[O-])cc1. The number of benzene rings is 2. The molecule has 0 unspecified atom stereocenters. The van der Waals surface area contributed by atoms with Crippen molar-refractivity contribution < 1.29 is 22.0 Å². The Bertz CT molecular complexity index is 835. The molecule has 0 radical (unpaired) electrons. The molecule has 0 N–H and O–H groups in total. The first-order valence-electron chi connectivity index (χ1n) is 6.22. The monoisotopic (exact) mass is 305 g/mol. The number of fused-ring (bicyclic) bond motifs is 1. The van der Waals surface area contributed by atoms with Crippen molar-refractivity contribution in [3.05, 3.63) is 60.5 Å². The Morgan fingerprint density at radius 2 is 1.67 bits per heavy atom. The summed E-state index contributed by atoms with van der Waals surface area (Å²) in [6, 6.07) is 13.7. The number of hydrogen-bond donors (Lipinski definition) is 0. The van der Waals surface area contributed by atoms with Crippen LogP contribution in [0.3, 0.4) is 0 Å². The zero-order chi connectivity index (χ0) is 15.5. The second-order valence-corrected chi connectivity index (χ2v) is 5.95. The third-order valence-corrected chi connectivity index (χ3v) is 3.74. The van der Waals surface area contributed by atoms with Crippen LogP contribution in [-0.4, -0.2) is 13.0 Å². The van der Waals surface area contributed by atoms with E-state index < -0.39 is 10.1 Å². The van der Waals surface area contributed by atoms with Crippen LogP contribution in [0.2, 0.25) is 0 Å². The first kappa shape index (κ1) is 15.2. The molecule has 3 aromatic rings. The molecule has 0 aliphatic carbocycles. The van der Waals surface area contributed by atoms with Crippen LogP contribution in [0.5, 0.6) is 0 Å². The lowest BCUT2D eigenvalue weighted by atomic mass is 10.2. The minimum absolute atomic E-state index is 0.178. The second kappa shape index (κ2) is 6.07. The van der Waals surface area contributed by atoms with Crippen LogP contribution < -0.4 is 4.57 Å². The van der Waals surface area contributed by atoms with Gasteiger partial charge in [0.25, 0.3) is 5.52 Å². The number of hydrogen-bond acceptors (Lipinski definition) is 4. The lowest BCUT2D eigenvalue weighted by molar-refractivity contribution is -0.650. The maximum absolute atomic E-state index is 10.4. The molecule has 21 heavy (non-hydrogen) atoms. The standard InChI is InChI=1S/C8H8NO.C7H8O3S/c1-9-6-10-8-5-3-2-4-7(8)9;1-6-2-4-7(5-3-6)11(8,9)10/h2-6H,1H3;2-5H,1H3,(H,8,9,10)/q+1;/p-1. The van der Waals surface area contributed by atoms with Gasteiger partial charge in [0, 0.05) is 6.07 Å². The van der Waals surface area contributed by atoms with Crippen LogP contribution in [0.15, 0.2) is 64.2 Å². The van der Waals surface area contributed by atoms with Crippen molar-refractivity contribution in [2.75, 3.05) is 0 Å². The quantitative estimate of drug-likeness (QED) is 0.510. The third-order valence-electron chi connectivity index (χ3n) is 2.89. The fourth-order valence-corrected chi connectivity index (χ4v) is 2.22. The molecule has 2 aromatic carbocycles. The van der Waals surface area contributed by atoms with Gasteiger partial charge >= 0.3 is 6.39 Å². The van der Waals surface area contributed by atoms with E-state index in [0.717, 1.165) is 16.7 Å². The fraction of sp³-hybridized carbons (Fsp3) is 0.133. The van der Waals surface area contributed by atoms with Gasteiger partial charge in [-0.15, -0.1) is 0 Å². The van der Waals surface area contributed by atoms with E-state index in [1.807, 2.05) is 42.8 Å². The van der Waals surface area contributed by atoms with Crippen LogP contribution in [0.4, 0.5) is 0 Å². The molecular weight excluding hydrogens is 290 g/mol. The van der Waals surface area contributed by atoms with Crippen LogP contribution in [0.1, 0.15) is 5.56 Å². The highest BCUT2D eigenvalue weighted by Crippen LogP contribution is 2.08. The molecule has 1 heterocycles. The van der Waals surface area contributed by atoms with Gasteiger partial charge in [0.15, 0.2) is 0 Å². The summed E-state index contributed by atoms with van der Waals surface area (Å²) in [6.45, 7) is 1.82. The maximum atomic E-state index is 10.4. The van der Waals surface area contributed by atoms with Crippen molar-refractivity contribution in [1.29, 1.82) is 0 Å². The number of oxazole rings is 1. The van der Waals surface area contributed by atoms with Crippen molar-refractivity contribution in [2.45, 2.75) is 11.8 Å². The van der Waals surface area contributed by atoms with Gasteiger partial charge in [0.05, 0.1) is 4.90 Å². The van der Waals surface area contributed by atoms with Crippen LogP contribution in [-0.2, 0) is 17.2 Å². The molecular formula is C15H15NO4S. The largest absolute Gasteiger partial charge is 0.744 e. The Morgan fingerprint density at radius 3 is 2.24 bits per heavy atom. The van der Waals surface area contributed by atoms with Crippen LogP contribution in [0.25, 0.3) is 11.1 Å².